The molecule has 0 radical (unpaired) electrons. The molecule has 2 aliphatic heterocycles. The van der Waals surface area contributed by atoms with E-state index < -0.39 is 0 Å². The molecule has 0 aliphatic carbocycles. The highest BCUT2D eigenvalue weighted by atomic mass is 79.9. The van der Waals surface area contributed by atoms with Gasteiger partial charge in [-0.3, -0.25) is 4.90 Å². The Morgan fingerprint density at radius 1 is 1.19 bits per heavy atom. The molecule has 8 heteroatoms. The molecular formula is C19H26BrN5OS. The second-order valence-corrected chi connectivity index (χ2v) is 9.69. The van der Waals surface area contributed by atoms with Gasteiger partial charge >= 0.3 is 0 Å². The van der Waals surface area contributed by atoms with E-state index in [2.05, 4.69) is 54.8 Å². The number of halogens is 1. The van der Waals surface area contributed by atoms with Crippen LogP contribution in [0, 0.1) is 0 Å². The van der Waals surface area contributed by atoms with Crippen LogP contribution >= 0.6 is 27.3 Å². The predicted octanol–water partition coefficient (Wildman–Crippen LogP) is 3.24. The van der Waals surface area contributed by atoms with Crippen molar-refractivity contribution in [2.45, 2.75) is 25.4 Å². The van der Waals surface area contributed by atoms with Crippen LogP contribution in [-0.4, -0.2) is 67.4 Å². The van der Waals surface area contributed by atoms with E-state index in [0.29, 0.717) is 6.04 Å². The number of piperidine rings is 1. The highest BCUT2D eigenvalue weighted by molar-refractivity contribution is 9.11. The number of hydrogen-bond donors (Lipinski definition) is 0. The summed E-state index contributed by atoms with van der Waals surface area (Å²) in [4.78, 5) is 17.8. The first-order valence-electron chi connectivity index (χ1n) is 9.54. The minimum atomic E-state index is 0.531. The Hall–Kier alpha value is -1.22. The Morgan fingerprint density at radius 2 is 1.96 bits per heavy atom. The van der Waals surface area contributed by atoms with E-state index in [9.17, 15) is 0 Å². The highest BCUT2D eigenvalue weighted by Gasteiger charge is 2.24. The molecule has 0 saturated carbocycles. The van der Waals surface area contributed by atoms with Gasteiger partial charge in [-0.2, -0.15) is 4.98 Å². The van der Waals surface area contributed by atoms with E-state index in [4.69, 9.17) is 9.72 Å². The zero-order valence-corrected chi connectivity index (χ0v) is 18.1. The molecule has 2 aromatic heterocycles. The van der Waals surface area contributed by atoms with Crippen LogP contribution in [0.5, 0.6) is 0 Å². The van der Waals surface area contributed by atoms with Crippen molar-refractivity contribution in [3.05, 3.63) is 33.1 Å². The topological polar surface area (TPSA) is 44.7 Å². The summed E-state index contributed by atoms with van der Waals surface area (Å²) in [6.07, 6.45) is 4.22. The summed E-state index contributed by atoms with van der Waals surface area (Å²) in [6, 6.07) is 6.92. The Labute approximate surface area is 173 Å². The Balaban J connectivity index is 1.34. The summed E-state index contributed by atoms with van der Waals surface area (Å²) >= 11 is 5.39. The zero-order valence-electron chi connectivity index (χ0n) is 15.7. The number of nitrogens with zero attached hydrogens (tertiary/aromatic N) is 5. The van der Waals surface area contributed by atoms with Gasteiger partial charge in [-0.25, -0.2) is 4.98 Å². The molecule has 6 nitrogen and oxygen atoms in total. The van der Waals surface area contributed by atoms with E-state index in [1.807, 2.05) is 23.6 Å². The third-order valence-corrected chi connectivity index (χ3v) is 7.00. The number of thiophene rings is 1. The maximum Gasteiger partial charge on any atom is 0.227 e. The lowest BCUT2D eigenvalue weighted by molar-refractivity contribution is 0.122. The van der Waals surface area contributed by atoms with Gasteiger partial charge in [0.2, 0.25) is 5.95 Å². The molecule has 0 aromatic carbocycles. The Bertz CT molecular complexity index is 743. The zero-order chi connectivity index (χ0) is 18.6. The van der Waals surface area contributed by atoms with Crippen molar-refractivity contribution < 1.29 is 4.74 Å². The standard InChI is InChI=1S/C19H26BrN5OS/c1-23(18-4-7-21-19(22-18)25-10-12-26-13-11-25)15-5-8-24(9-6-15)14-16-2-3-17(20)27-16/h2-4,7,15H,5-6,8-14H2,1H3. The molecule has 0 amide bonds. The minimum Gasteiger partial charge on any atom is -0.378 e. The number of anilines is 2. The van der Waals surface area contributed by atoms with Crippen molar-refractivity contribution in [3.63, 3.8) is 0 Å². The third kappa shape index (κ3) is 4.80. The van der Waals surface area contributed by atoms with Gasteiger partial charge in [-0.15, -0.1) is 11.3 Å². The molecule has 0 N–H and O–H groups in total. The van der Waals surface area contributed by atoms with Crippen molar-refractivity contribution in [3.8, 4) is 0 Å². The molecule has 0 bridgehead atoms. The van der Waals surface area contributed by atoms with Crippen LogP contribution in [0.3, 0.4) is 0 Å². The van der Waals surface area contributed by atoms with Gasteiger partial charge in [0.25, 0.3) is 0 Å². The molecule has 0 spiro atoms. The van der Waals surface area contributed by atoms with Crippen LogP contribution in [0.15, 0.2) is 28.2 Å². The second kappa shape index (κ2) is 8.86. The first-order valence-corrected chi connectivity index (χ1v) is 11.1. The molecular weight excluding hydrogens is 426 g/mol. The number of aromatic nitrogens is 2. The largest absolute Gasteiger partial charge is 0.378 e. The van der Waals surface area contributed by atoms with E-state index in [-0.39, 0.29) is 0 Å². The van der Waals surface area contributed by atoms with E-state index in [0.717, 1.165) is 57.7 Å². The second-order valence-electron chi connectivity index (χ2n) is 7.14. The van der Waals surface area contributed by atoms with Crippen LogP contribution in [0.1, 0.15) is 17.7 Å². The first kappa shape index (κ1) is 19.1. The first-order chi connectivity index (χ1) is 13.2. The van der Waals surface area contributed by atoms with Crippen molar-refractivity contribution in [2.24, 2.45) is 0 Å². The quantitative estimate of drug-likeness (QED) is 0.694. The number of morpholine rings is 1. The molecule has 0 unspecified atom stereocenters. The van der Waals surface area contributed by atoms with Gasteiger partial charge in [0.15, 0.2) is 0 Å². The van der Waals surface area contributed by atoms with Gasteiger partial charge in [-0.1, -0.05) is 0 Å². The highest BCUT2D eigenvalue weighted by Crippen LogP contribution is 2.26. The van der Waals surface area contributed by atoms with Crippen LogP contribution in [0.25, 0.3) is 0 Å². The van der Waals surface area contributed by atoms with Crippen molar-refractivity contribution in [2.75, 3.05) is 56.2 Å². The van der Waals surface area contributed by atoms with Gasteiger partial charge in [0.1, 0.15) is 5.82 Å². The summed E-state index contributed by atoms with van der Waals surface area (Å²) in [6.45, 7) is 6.55. The van der Waals surface area contributed by atoms with Crippen LogP contribution < -0.4 is 9.80 Å². The lowest BCUT2D eigenvalue weighted by Crippen LogP contribution is -2.43. The number of rotatable bonds is 5. The molecule has 0 atom stereocenters. The van der Waals surface area contributed by atoms with E-state index in [1.54, 1.807) is 0 Å². The van der Waals surface area contributed by atoms with Crippen LogP contribution in [0.4, 0.5) is 11.8 Å². The molecule has 146 valence electrons. The summed E-state index contributed by atoms with van der Waals surface area (Å²) in [7, 11) is 2.17. The average molecular weight is 452 g/mol. The van der Waals surface area contributed by atoms with Crippen molar-refractivity contribution >= 4 is 39.0 Å². The monoisotopic (exact) mass is 451 g/mol. The molecule has 27 heavy (non-hydrogen) atoms. The maximum absolute atomic E-state index is 5.43. The fraction of sp³-hybridized carbons (Fsp3) is 0.579. The Kier molecular flexibility index (Phi) is 6.27. The molecule has 2 aliphatic rings. The fourth-order valence-corrected chi connectivity index (χ4v) is 5.29. The third-order valence-electron chi connectivity index (χ3n) is 5.40. The number of ether oxygens (including phenoxy) is 1. The summed E-state index contributed by atoms with van der Waals surface area (Å²) in [5.41, 5.74) is 0. The van der Waals surface area contributed by atoms with Crippen LogP contribution in [-0.2, 0) is 11.3 Å². The smallest absolute Gasteiger partial charge is 0.227 e. The molecule has 2 aromatic rings. The Morgan fingerprint density at radius 3 is 2.67 bits per heavy atom. The summed E-state index contributed by atoms with van der Waals surface area (Å²) in [5.74, 6) is 1.84. The lowest BCUT2D eigenvalue weighted by atomic mass is 10.0. The van der Waals surface area contributed by atoms with Crippen LogP contribution in [0.2, 0.25) is 0 Å². The molecule has 2 saturated heterocycles. The summed E-state index contributed by atoms with van der Waals surface area (Å²) in [5, 5.41) is 0. The lowest BCUT2D eigenvalue weighted by Gasteiger charge is -2.37. The van der Waals surface area contributed by atoms with Crippen molar-refractivity contribution in [1.82, 2.24) is 14.9 Å². The fourth-order valence-electron chi connectivity index (χ4n) is 3.76. The van der Waals surface area contributed by atoms with E-state index >= 15 is 0 Å². The maximum atomic E-state index is 5.43. The van der Waals surface area contributed by atoms with E-state index in [1.165, 1.54) is 21.5 Å². The SMILES string of the molecule is CN(c1ccnc(N2CCOCC2)n1)C1CCN(Cc2ccc(Br)s2)CC1. The molecule has 2 fully saturated rings. The van der Waals surface area contributed by atoms with Gasteiger partial charge in [-0.05, 0) is 47.0 Å². The van der Waals surface area contributed by atoms with Gasteiger partial charge < -0.3 is 14.5 Å². The van der Waals surface area contributed by atoms with Gasteiger partial charge in [0, 0.05) is 56.9 Å². The normalized spacial score (nSPS) is 19.4. The van der Waals surface area contributed by atoms with Gasteiger partial charge in [0.05, 0.1) is 17.0 Å². The average Bonchev–Trinajstić information content (AvgIpc) is 3.13. The number of hydrogen-bond acceptors (Lipinski definition) is 7. The summed E-state index contributed by atoms with van der Waals surface area (Å²) < 4.78 is 6.65. The molecule has 4 heterocycles. The molecule has 4 rings (SSSR count). The predicted molar refractivity (Wildman–Crippen MR) is 114 cm³/mol. The minimum absolute atomic E-state index is 0.531. The van der Waals surface area contributed by atoms with Crippen molar-refractivity contribution in [1.29, 1.82) is 0 Å². The number of likely N-dealkylation sites (tertiary alicyclic amines) is 1.